The van der Waals surface area contributed by atoms with Crippen LogP contribution in [0.1, 0.15) is 45.4 Å². The molecule has 2 aliphatic rings. The molecule has 19 heavy (non-hydrogen) atoms. The minimum Gasteiger partial charge on any atom is -0.310 e. The van der Waals surface area contributed by atoms with Crippen molar-refractivity contribution >= 4 is 9.84 Å². The minimum atomic E-state index is -2.78. The zero-order chi connectivity index (χ0) is 13.7. The number of sulfone groups is 1. The Morgan fingerprint density at radius 1 is 1.11 bits per heavy atom. The largest absolute Gasteiger partial charge is 0.310 e. The Hall–Kier alpha value is -0.130. The van der Waals surface area contributed by atoms with Gasteiger partial charge in [0.15, 0.2) is 9.84 Å². The third kappa shape index (κ3) is 5.04. The van der Waals surface area contributed by atoms with E-state index in [-0.39, 0.29) is 6.04 Å². The first-order valence-electron chi connectivity index (χ1n) is 7.78. The van der Waals surface area contributed by atoms with E-state index in [4.69, 9.17) is 0 Å². The summed E-state index contributed by atoms with van der Waals surface area (Å²) in [5, 5.41) is 3.61. The molecule has 0 saturated carbocycles. The van der Waals surface area contributed by atoms with Crippen molar-refractivity contribution in [2.75, 3.05) is 31.1 Å². The van der Waals surface area contributed by atoms with Crippen LogP contribution in [0, 0.1) is 0 Å². The smallest absolute Gasteiger partial charge is 0.151 e. The summed E-state index contributed by atoms with van der Waals surface area (Å²) in [5.41, 5.74) is 0. The highest BCUT2D eigenvalue weighted by Gasteiger charge is 2.27. The molecule has 0 radical (unpaired) electrons. The summed E-state index contributed by atoms with van der Waals surface area (Å²) in [6.07, 6.45) is 6.66. The number of hydrogen-bond acceptors (Lipinski definition) is 4. The average Bonchev–Trinajstić information content (AvgIpc) is 2.54. The Bertz CT molecular complexity index is 370. The Morgan fingerprint density at radius 3 is 2.63 bits per heavy atom. The summed E-state index contributed by atoms with van der Waals surface area (Å²) in [6.45, 7) is 5.79. The molecule has 5 heteroatoms. The van der Waals surface area contributed by atoms with E-state index in [1.54, 1.807) is 0 Å². The van der Waals surface area contributed by atoms with Crippen molar-refractivity contribution < 1.29 is 8.42 Å². The lowest BCUT2D eigenvalue weighted by atomic mass is 10.1. The number of likely N-dealkylation sites (tertiary alicyclic amines) is 1. The lowest BCUT2D eigenvalue weighted by Gasteiger charge is -2.28. The summed E-state index contributed by atoms with van der Waals surface area (Å²) in [5.74, 6) is 0.738. The molecule has 0 amide bonds. The van der Waals surface area contributed by atoms with Crippen LogP contribution in [0.5, 0.6) is 0 Å². The Balaban J connectivity index is 1.79. The third-order valence-corrected chi connectivity index (χ3v) is 6.12. The van der Waals surface area contributed by atoms with Gasteiger partial charge < -0.3 is 10.2 Å². The standard InChI is InChI=1S/C14H28N2O2S/c1-2-8-16-9-3-5-13(7-10-16)15-14-6-4-11-19(17,18)12-14/h13-15H,2-12H2,1H3. The van der Waals surface area contributed by atoms with E-state index in [2.05, 4.69) is 17.1 Å². The molecule has 2 unspecified atom stereocenters. The molecule has 0 bridgehead atoms. The van der Waals surface area contributed by atoms with Crippen LogP contribution in [0.4, 0.5) is 0 Å². The Kier molecular flexibility index (Phi) is 5.66. The van der Waals surface area contributed by atoms with Crippen LogP contribution in [0.3, 0.4) is 0 Å². The third-order valence-electron chi connectivity index (χ3n) is 4.30. The predicted octanol–water partition coefficient (Wildman–Crippen LogP) is 1.42. The van der Waals surface area contributed by atoms with Crippen molar-refractivity contribution in [3.05, 3.63) is 0 Å². The predicted molar refractivity (Wildman–Crippen MR) is 79.2 cm³/mol. The van der Waals surface area contributed by atoms with Crippen LogP contribution < -0.4 is 5.32 Å². The van der Waals surface area contributed by atoms with Crippen molar-refractivity contribution in [2.45, 2.75) is 57.5 Å². The lowest BCUT2D eigenvalue weighted by molar-refractivity contribution is 0.281. The topological polar surface area (TPSA) is 49.4 Å². The fraction of sp³-hybridized carbons (Fsp3) is 1.00. The molecule has 2 atom stereocenters. The van der Waals surface area contributed by atoms with Crippen LogP contribution >= 0.6 is 0 Å². The van der Waals surface area contributed by atoms with Crippen molar-refractivity contribution in [1.82, 2.24) is 10.2 Å². The molecular weight excluding hydrogens is 260 g/mol. The summed E-state index contributed by atoms with van der Waals surface area (Å²) < 4.78 is 23.3. The van der Waals surface area contributed by atoms with E-state index < -0.39 is 9.84 Å². The molecule has 2 heterocycles. The van der Waals surface area contributed by atoms with Gasteiger partial charge >= 0.3 is 0 Å². The van der Waals surface area contributed by atoms with Gasteiger partial charge in [-0.05, 0) is 58.2 Å². The maximum absolute atomic E-state index is 11.7. The molecule has 0 aromatic heterocycles. The summed E-state index contributed by atoms with van der Waals surface area (Å²) in [6, 6.07) is 0.710. The van der Waals surface area contributed by atoms with Crippen LogP contribution in [0.15, 0.2) is 0 Å². The Morgan fingerprint density at radius 2 is 1.89 bits per heavy atom. The molecule has 0 spiro atoms. The van der Waals surface area contributed by atoms with Crippen LogP contribution in [-0.4, -0.2) is 56.5 Å². The molecule has 1 N–H and O–H groups in total. The Labute approximate surface area is 117 Å². The van der Waals surface area contributed by atoms with Gasteiger partial charge in [-0.3, -0.25) is 0 Å². The van der Waals surface area contributed by atoms with Crippen molar-refractivity contribution in [1.29, 1.82) is 0 Å². The second-order valence-electron chi connectivity index (χ2n) is 6.09. The summed E-state index contributed by atoms with van der Waals surface area (Å²) in [7, 11) is -2.78. The molecule has 4 nitrogen and oxygen atoms in total. The van der Waals surface area contributed by atoms with E-state index >= 15 is 0 Å². The molecule has 0 aromatic carbocycles. The highest BCUT2D eigenvalue weighted by molar-refractivity contribution is 7.91. The fourth-order valence-corrected chi connectivity index (χ4v) is 5.00. The highest BCUT2D eigenvalue weighted by atomic mass is 32.2. The number of rotatable bonds is 4. The van der Waals surface area contributed by atoms with Gasteiger partial charge in [-0.1, -0.05) is 6.92 Å². The zero-order valence-corrected chi connectivity index (χ0v) is 12.9. The van der Waals surface area contributed by atoms with Gasteiger partial charge in [0.05, 0.1) is 11.5 Å². The van der Waals surface area contributed by atoms with Gasteiger partial charge in [-0.2, -0.15) is 0 Å². The van der Waals surface area contributed by atoms with Gasteiger partial charge in [-0.25, -0.2) is 8.42 Å². The SMILES string of the molecule is CCCN1CCCC(NC2CCCS(=O)(=O)C2)CC1. The first-order chi connectivity index (χ1) is 9.09. The minimum absolute atomic E-state index is 0.196. The normalized spacial score (nSPS) is 32.9. The number of nitrogens with zero attached hydrogens (tertiary/aromatic N) is 1. The van der Waals surface area contributed by atoms with Crippen LogP contribution in [0.2, 0.25) is 0 Å². The van der Waals surface area contributed by atoms with Gasteiger partial charge in [0, 0.05) is 12.1 Å². The van der Waals surface area contributed by atoms with Crippen LogP contribution in [-0.2, 0) is 9.84 Å². The van der Waals surface area contributed by atoms with Crippen molar-refractivity contribution in [3.8, 4) is 0 Å². The van der Waals surface area contributed by atoms with Gasteiger partial charge in [0.2, 0.25) is 0 Å². The molecule has 2 aliphatic heterocycles. The molecule has 112 valence electrons. The van der Waals surface area contributed by atoms with E-state index in [0.29, 0.717) is 17.5 Å². The van der Waals surface area contributed by atoms with Gasteiger partial charge in [0.25, 0.3) is 0 Å². The quantitative estimate of drug-likeness (QED) is 0.850. The molecule has 2 saturated heterocycles. The monoisotopic (exact) mass is 288 g/mol. The summed E-state index contributed by atoms with van der Waals surface area (Å²) >= 11 is 0. The second kappa shape index (κ2) is 7.04. The van der Waals surface area contributed by atoms with Gasteiger partial charge in [-0.15, -0.1) is 0 Å². The highest BCUT2D eigenvalue weighted by Crippen LogP contribution is 2.16. The number of nitrogens with one attached hydrogen (secondary N) is 1. The molecular formula is C14H28N2O2S. The summed E-state index contributed by atoms with van der Waals surface area (Å²) in [4.78, 5) is 2.54. The van der Waals surface area contributed by atoms with Crippen molar-refractivity contribution in [2.24, 2.45) is 0 Å². The van der Waals surface area contributed by atoms with E-state index in [0.717, 1.165) is 25.8 Å². The first-order valence-corrected chi connectivity index (χ1v) is 9.60. The van der Waals surface area contributed by atoms with E-state index in [9.17, 15) is 8.42 Å². The van der Waals surface area contributed by atoms with E-state index in [1.165, 1.54) is 32.4 Å². The maximum Gasteiger partial charge on any atom is 0.151 e. The van der Waals surface area contributed by atoms with E-state index in [1.807, 2.05) is 0 Å². The molecule has 0 aromatic rings. The van der Waals surface area contributed by atoms with Crippen molar-refractivity contribution in [3.63, 3.8) is 0 Å². The lowest BCUT2D eigenvalue weighted by Crippen LogP contribution is -2.45. The first kappa shape index (κ1) is 15.3. The zero-order valence-electron chi connectivity index (χ0n) is 12.1. The molecule has 2 fully saturated rings. The average molecular weight is 288 g/mol. The number of hydrogen-bond donors (Lipinski definition) is 1. The molecule has 0 aliphatic carbocycles. The fourth-order valence-electron chi connectivity index (χ4n) is 3.35. The molecule has 2 rings (SSSR count). The van der Waals surface area contributed by atoms with Crippen LogP contribution in [0.25, 0.3) is 0 Å². The van der Waals surface area contributed by atoms with Gasteiger partial charge in [0.1, 0.15) is 0 Å². The second-order valence-corrected chi connectivity index (χ2v) is 8.32. The maximum atomic E-state index is 11.7.